The summed E-state index contributed by atoms with van der Waals surface area (Å²) >= 11 is 0. The first-order valence-electron chi connectivity index (χ1n) is 7.02. The van der Waals surface area contributed by atoms with Gasteiger partial charge >= 0.3 is 18.4 Å². The summed E-state index contributed by atoms with van der Waals surface area (Å²) in [6.07, 6.45) is -12.6. The van der Waals surface area contributed by atoms with Gasteiger partial charge in [-0.15, -0.1) is 0 Å². The van der Waals surface area contributed by atoms with Gasteiger partial charge in [-0.1, -0.05) is 0 Å². The Kier molecular flexibility index (Phi) is 5.82. The lowest BCUT2D eigenvalue weighted by molar-refractivity contribution is -0.152. The number of carbonyl (C=O) groups is 1. The monoisotopic (exact) mass is 350 g/mol. The standard InChI is InChI=1S/C13H20F6N2O2/c1-11(2,3)23-10(22)21-6-8(4-12(14,15)16)20-9(7-21)5-13(17,18)19/h8-9,20H,4-7H2,1-3H3/t8-,9-/m0/s1. The fourth-order valence-corrected chi connectivity index (χ4v) is 2.33. The molecule has 1 heterocycles. The molecule has 1 aliphatic heterocycles. The van der Waals surface area contributed by atoms with Crippen molar-refractivity contribution in [2.75, 3.05) is 13.1 Å². The van der Waals surface area contributed by atoms with Crippen LogP contribution >= 0.6 is 0 Å². The molecule has 0 aromatic heterocycles. The van der Waals surface area contributed by atoms with Crippen molar-refractivity contribution in [2.45, 2.75) is 63.7 Å². The van der Waals surface area contributed by atoms with Crippen LogP contribution in [0, 0.1) is 0 Å². The molecule has 10 heteroatoms. The van der Waals surface area contributed by atoms with E-state index in [-0.39, 0.29) is 13.1 Å². The number of hydrogen-bond donors (Lipinski definition) is 1. The van der Waals surface area contributed by atoms with Gasteiger partial charge in [-0.2, -0.15) is 26.3 Å². The van der Waals surface area contributed by atoms with Crippen LogP contribution in [0.1, 0.15) is 33.6 Å². The second-order valence-electron chi connectivity index (χ2n) is 6.58. The maximum absolute atomic E-state index is 12.5. The third-order valence-corrected chi connectivity index (χ3v) is 2.96. The summed E-state index contributed by atoms with van der Waals surface area (Å²) in [5.41, 5.74) is -0.888. The molecule has 0 aromatic carbocycles. The van der Waals surface area contributed by atoms with Gasteiger partial charge in [0, 0.05) is 25.2 Å². The Balaban J connectivity index is 2.82. The van der Waals surface area contributed by atoms with E-state index in [2.05, 4.69) is 5.32 Å². The maximum Gasteiger partial charge on any atom is 0.410 e. The molecule has 1 fully saturated rings. The van der Waals surface area contributed by atoms with E-state index < -0.39 is 49.0 Å². The maximum atomic E-state index is 12.5. The van der Waals surface area contributed by atoms with Gasteiger partial charge in [0.15, 0.2) is 0 Å². The molecule has 136 valence electrons. The Morgan fingerprint density at radius 3 is 1.70 bits per heavy atom. The number of ether oxygens (including phenoxy) is 1. The molecular weight excluding hydrogens is 330 g/mol. The van der Waals surface area contributed by atoms with E-state index in [1.165, 1.54) is 0 Å². The van der Waals surface area contributed by atoms with Gasteiger partial charge in [-0.3, -0.25) is 0 Å². The van der Waals surface area contributed by atoms with E-state index in [1.54, 1.807) is 20.8 Å². The topological polar surface area (TPSA) is 41.6 Å². The summed E-state index contributed by atoms with van der Waals surface area (Å²) in [4.78, 5) is 12.8. The average molecular weight is 350 g/mol. The SMILES string of the molecule is CC(C)(C)OC(=O)N1C[C@H](CC(F)(F)F)N[C@@H](CC(F)(F)F)C1. The van der Waals surface area contributed by atoms with Crippen LogP contribution in [0.2, 0.25) is 0 Å². The first kappa shape index (κ1) is 19.9. The Morgan fingerprint density at radius 2 is 1.39 bits per heavy atom. The van der Waals surface area contributed by atoms with Gasteiger partial charge in [-0.05, 0) is 20.8 Å². The molecule has 1 aliphatic rings. The van der Waals surface area contributed by atoms with Gasteiger partial charge in [0.2, 0.25) is 0 Å². The molecular formula is C13H20F6N2O2. The van der Waals surface area contributed by atoms with Gasteiger partial charge in [0.05, 0.1) is 12.8 Å². The molecule has 1 saturated heterocycles. The molecule has 0 radical (unpaired) electrons. The van der Waals surface area contributed by atoms with Gasteiger partial charge in [0.1, 0.15) is 5.60 Å². The number of nitrogens with one attached hydrogen (secondary N) is 1. The minimum Gasteiger partial charge on any atom is -0.444 e. The molecule has 0 aliphatic carbocycles. The van der Waals surface area contributed by atoms with Crippen LogP contribution < -0.4 is 5.32 Å². The summed E-state index contributed by atoms with van der Waals surface area (Å²) in [6, 6.07) is -2.60. The van der Waals surface area contributed by atoms with Gasteiger partial charge in [0.25, 0.3) is 0 Å². The second-order valence-corrected chi connectivity index (χ2v) is 6.58. The minimum absolute atomic E-state index is 0.358. The molecule has 1 rings (SSSR count). The summed E-state index contributed by atoms with van der Waals surface area (Å²) in [5.74, 6) is 0. The zero-order valence-electron chi connectivity index (χ0n) is 13.0. The van der Waals surface area contributed by atoms with Crippen molar-refractivity contribution in [2.24, 2.45) is 0 Å². The van der Waals surface area contributed by atoms with E-state index in [1.807, 2.05) is 0 Å². The molecule has 2 atom stereocenters. The second kappa shape index (κ2) is 6.74. The highest BCUT2D eigenvalue weighted by molar-refractivity contribution is 5.68. The molecule has 4 nitrogen and oxygen atoms in total. The highest BCUT2D eigenvalue weighted by Gasteiger charge is 2.41. The molecule has 0 spiro atoms. The van der Waals surface area contributed by atoms with Crippen LogP contribution in [-0.4, -0.2) is 54.1 Å². The van der Waals surface area contributed by atoms with Crippen molar-refractivity contribution in [1.29, 1.82) is 0 Å². The smallest absolute Gasteiger partial charge is 0.410 e. The van der Waals surface area contributed by atoms with E-state index >= 15 is 0 Å². The summed E-state index contributed by atoms with van der Waals surface area (Å²) < 4.78 is 80.1. The van der Waals surface area contributed by atoms with E-state index in [4.69, 9.17) is 4.74 Å². The van der Waals surface area contributed by atoms with Gasteiger partial charge < -0.3 is 15.0 Å². The predicted octanol–water partition coefficient (Wildman–Crippen LogP) is 3.47. The van der Waals surface area contributed by atoms with Gasteiger partial charge in [-0.25, -0.2) is 4.79 Å². The molecule has 0 saturated carbocycles. The van der Waals surface area contributed by atoms with Crippen LogP contribution in [0.5, 0.6) is 0 Å². The molecule has 1 amide bonds. The fourth-order valence-electron chi connectivity index (χ4n) is 2.33. The fraction of sp³-hybridized carbons (Fsp3) is 0.923. The minimum atomic E-state index is -4.54. The Morgan fingerprint density at radius 1 is 1.00 bits per heavy atom. The zero-order valence-corrected chi connectivity index (χ0v) is 13.0. The Bertz CT molecular complexity index is 392. The number of halogens is 6. The molecule has 1 N–H and O–H groups in total. The first-order chi connectivity index (χ1) is 10.1. The third-order valence-electron chi connectivity index (χ3n) is 2.96. The number of rotatable bonds is 2. The van der Waals surface area contributed by atoms with Crippen LogP contribution in [0.15, 0.2) is 0 Å². The van der Waals surface area contributed by atoms with Crippen LogP contribution in [0.4, 0.5) is 31.1 Å². The summed E-state index contributed by atoms with van der Waals surface area (Å²) in [5, 5.41) is 2.32. The van der Waals surface area contributed by atoms with Crippen molar-refractivity contribution >= 4 is 6.09 Å². The Labute approximate surface area is 130 Å². The summed E-state index contributed by atoms with van der Waals surface area (Å²) in [7, 11) is 0. The van der Waals surface area contributed by atoms with Crippen molar-refractivity contribution in [3.8, 4) is 0 Å². The number of carbonyl (C=O) groups excluding carboxylic acids is 1. The average Bonchev–Trinajstić information content (AvgIpc) is 2.20. The number of nitrogens with zero attached hydrogens (tertiary/aromatic N) is 1. The summed E-state index contributed by atoms with van der Waals surface area (Å²) in [6.45, 7) is 3.97. The van der Waals surface area contributed by atoms with Crippen LogP contribution in [0.3, 0.4) is 0 Å². The first-order valence-corrected chi connectivity index (χ1v) is 7.02. The van der Waals surface area contributed by atoms with E-state index in [9.17, 15) is 31.1 Å². The highest BCUT2D eigenvalue weighted by Crippen LogP contribution is 2.28. The molecule has 23 heavy (non-hydrogen) atoms. The van der Waals surface area contributed by atoms with Crippen molar-refractivity contribution < 1.29 is 35.9 Å². The van der Waals surface area contributed by atoms with Crippen molar-refractivity contribution in [3.05, 3.63) is 0 Å². The number of piperazine rings is 1. The number of amides is 1. The van der Waals surface area contributed by atoms with E-state index in [0.717, 1.165) is 4.90 Å². The molecule has 0 aromatic rings. The molecule has 0 unspecified atom stereocenters. The lowest BCUT2D eigenvalue weighted by Crippen LogP contribution is -2.60. The Hall–Kier alpha value is -1.19. The number of alkyl halides is 6. The lowest BCUT2D eigenvalue weighted by atomic mass is 10.0. The lowest BCUT2D eigenvalue weighted by Gasteiger charge is -2.39. The largest absolute Gasteiger partial charge is 0.444 e. The third kappa shape index (κ3) is 8.29. The van der Waals surface area contributed by atoms with Crippen molar-refractivity contribution in [1.82, 2.24) is 10.2 Å². The normalized spacial score (nSPS) is 23.8. The quantitative estimate of drug-likeness (QED) is 0.776. The number of hydrogen-bond acceptors (Lipinski definition) is 3. The van der Waals surface area contributed by atoms with Crippen LogP contribution in [-0.2, 0) is 4.74 Å². The van der Waals surface area contributed by atoms with Crippen LogP contribution in [0.25, 0.3) is 0 Å². The van der Waals surface area contributed by atoms with Crippen molar-refractivity contribution in [3.63, 3.8) is 0 Å². The molecule has 0 bridgehead atoms. The zero-order chi connectivity index (χ0) is 18.1. The highest BCUT2D eigenvalue weighted by atomic mass is 19.4. The predicted molar refractivity (Wildman–Crippen MR) is 69.9 cm³/mol. The van der Waals surface area contributed by atoms with E-state index in [0.29, 0.717) is 0 Å².